The van der Waals surface area contributed by atoms with E-state index in [2.05, 4.69) is 47.9 Å². The van der Waals surface area contributed by atoms with Crippen LogP contribution in [0, 0.1) is 6.07 Å². The molecule has 0 unspecified atom stereocenters. The van der Waals surface area contributed by atoms with Crippen molar-refractivity contribution in [3.05, 3.63) is 137 Å². The maximum atomic E-state index is 5.15. The van der Waals surface area contributed by atoms with Gasteiger partial charge in [-0.25, -0.2) is 4.98 Å². The van der Waals surface area contributed by atoms with E-state index in [9.17, 15) is 0 Å². The van der Waals surface area contributed by atoms with Crippen molar-refractivity contribution < 1.29 is 38.8 Å². The molecule has 1 aliphatic heterocycles. The number of hydrogen-bond acceptors (Lipinski definition) is 6. The third kappa shape index (κ3) is 25.3. The molecule has 0 bridgehead atoms. The molecule has 0 saturated carbocycles. The first-order valence-electron chi connectivity index (χ1n) is 14.5. The Morgan fingerprint density at radius 2 is 1.23 bits per heavy atom. The van der Waals surface area contributed by atoms with E-state index in [0.29, 0.717) is 0 Å². The number of methoxy groups -OCH3 is 3. The summed E-state index contributed by atoms with van der Waals surface area (Å²) >= 11 is 6.52. The van der Waals surface area contributed by atoms with E-state index in [1.807, 2.05) is 117 Å². The van der Waals surface area contributed by atoms with Crippen LogP contribution in [0.25, 0.3) is 11.3 Å². The molecule has 3 aromatic carbocycles. The molecule has 0 radical (unpaired) electrons. The summed E-state index contributed by atoms with van der Waals surface area (Å²) in [6, 6.07) is 37.4. The minimum Gasteiger partial charge on any atom is -1.00 e. The molecule has 1 fully saturated rings. The second-order valence-corrected chi connectivity index (χ2v) is 10.3. The van der Waals surface area contributed by atoms with Crippen molar-refractivity contribution in [1.29, 1.82) is 0 Å². The van der Waals surface area contributed by atoms with Crippen LogP contribution in [0.5, 0.6) is 17.2 Å². The van der Waals surface area contributed by atoms with Crippen LogP contribution in [0.15, 0.2) is 131 Å². The number of halogens is 3. The Morgan fingerprint density at radius 1 is 0.667 bits per heavy atom. The van der Waals surface area contributed by atoms with E-state index in [1.165, 1.54) is 12.8 Å². The van der Waals surface area contributed by atoms with Gasteiger partial charge in [-0.05, 0) is 83.4 Å². The smallest absolute Gasteiger partial charge is 1.00 e. The third-order valence-electron chi connectivity index (χ3n) is 5.43. The van der Waals surface area contributed by atoms with Gasteiger partial charge in [-0.15, -0.1) is 12.1 Å². The van der Waals surface area contributed by atoms with Crippen LogP contribution in [0.1, 0.15) is 29.5 Å². The van der Waals surface area contributed by atoms with Gasteiger partial charge in [-0.3, -0.25) is 4.98 Å². The summed E-state index contributed by atoms with van der Waals surface area (Å²) in [7, 11) is 4.96. The molecule has 2 aromatic heterocycles. The number of ether oxygens (including phenoxy) is 4. The normalized spacial score (nSPS) is 9.90. The minimum atomic E-state index is 0. The third-order valence-corrected chi connectivity index (χ3v) is 6.39. The van der Waals surface area contributed by atoms with Gasteiger partial charge in [0.25, 0.3) is 0 Å². The van der Waals surface area contributed by atoms with Gasteiger partial charge in [0.2, 0.25) is 0 Å². The average molecular weight is 870 g/mol. The van der Waals surface area contributed by atoms with Crippen LogP contribution in [0.3, 0.4) is 0 Å². The number of pyridine rings is 2. The van der Waals surface area contributed by atoms with Crippen molar-refractivity contribution in [3.63, 3.8) is 0 Å². The van der Waals surface area contributed by atoms with Gasteiger partial charge in [0.15, 0.2) is 0 Å². The molecule has 0 N–H and O–H groups in total. The molecular weight excluding hydrogens is 825 g/mol. The molecule has 48 heavy (non-hydrogen) atoms. The molecule has 0 atom stereocenters. The summed E-state index contributed by atoms with van der Waals surface area (Å²) in [4.78, 5) is 8.16. The summed E-state index contributed by atoms with van der Waals surface area (Å²) < 4.78 is 21.9. The molecule has 252 valence electrons. The second-order valence-electron chi connectivity index (χ2n) is 8.52. The van der Waals surface area contributed by atoms with Crippen LogP contribution in [0.4, 0.5) is 0 Å². The fourth-order valence-electron chi connectivity index (χ4n) is 3.27. The van der Waals surface area contributed by atoms with E-state index in [0.717, 1.165) is 50.8 Å². The SMILES string of the molecule is Brc1ccccn1.C1CCOC1.CC.COc1c[c-]ccc1.COc1cccc(-c2ccccn2)c1.COc1cccc(Br)c1.[Br-].[H-].[H-].[Mg+2].[Mg+2]. The van der Waals surface area contributed by atoms with Crippen molar-refractivity contribution in [2.24, 2.45) is 0 Å². The van der Waals surface area contributed by atoms with Crippen molar-refractivity contribution in [2.75, 3.05) is 34.5 Å². The van der Waals surface area contributed by atoms with E-state index < -0.39 is 0 Å². The molecular formula is C37H45Br3Mg2N2O4. The molecule has 0 aliphatic carbocycles. The Kier molecular flexibility index (Phi) is 37.1. The summed E-state index contributed by atoms with van der Waals surface area (Å²) in [5, 5.41) is 0. The zero-order valence-electron chi connectivity index (χ0n) is 30.5. The number of benzene rings is 3. The Hall–Kier alpha value is -1.71. The molecule has 6 nitrogen and oxygen atoms in total. The van der Waals surface area contributed by atoms with Crippen molar-refractivity contribution >= 4 is 78.0 Å². The van der Waals surface area contributed by atoms with Crippen LogP contribution in [-0.2, 0) is 4.74 Å². The molecule has 3 heterocycles. The second kappa shape index (κ2) is 35.1. The molecule has 0 spiro atoms. The topological polar surface area (TPSA) is 62.7 Å². The summed E-state index contributed by atoms with van der Waals surface area (Å²) in [6.45, 7) is 6.00. The van der Waals surface area contributed by atoms with Crippen LogP contribution in [-0.4, -0.2) is 90.6 Å². The van der Waals surface area contributed by atoms with Crippen molar-refractivity contribution in [2.45, 2.75) is 26.7 Å². The average Bonchev–Trinajstić information content (AvgIpc) is 3.72. The fourth-order valence-corrected chi connectivity index (χ4v) is 3.92. The number of hydrogen-bond donors (Lipinski definition) is 0. The molecule has 0 amide bonds. The molecule has 5 aromatic rings. The van der Waals surface area contributed by atoms with E-state index in [1.54, 1.807) is 39.8 Å². The van der Waals surface area contributed by atoms with Gasteiger partial charge in [-0.1, -0.05) is 60.1 Å². The van der Waals surface area contributed by atoms with Gasteiger partial charge in [0, 0.05) is 41.4 Å². The monoisotopic (exact) mass is 866 g/mol. The van der Waals surface area contributed by atoms with Crippen molar-refractivity contribution in [1.82, 2.24) is 9.97 Å². The van der Waals surface area contributed by atoms with Gasteiger partial charge in [0.1, 0.15) is 16.1 Å². The quantitative estimate of drug-likeness (QED) is 0.112. The first-order valence-corrected chi connectivity index (χ1v) is 16.1. The maximum Gasteiger partial charge on any atom is 2.00 e. The van der Waals surface area contributed by atoms with Gasteiger partial charge < -0.3 is 38.8 Å². The van der Waals surface area contributed by atoms with Crippen LogP contribution >= 0.6 is 31.9 Å². The first kappa shape index (κ1) is 50.7. The predicted octanol–water partition coefficient (Wildman–Crippen LogP) is 6.84. The number of nitrogens with zero attached hydrogens (tertiary/aromatic N) is 2. The van der Waals surface area contributed by atoms with Crippen LogP contribution < -0.4 is 31.2 Å². The molecule has 1 aliphatic rings. The Bertz CT molecular complexity index is 1400. The summed E-state index contributed by atoms with van der Waals surface area (Å²) in [6.07, 6.45) is 6.08. The van der Waals surface area contributed by atoms with Gasteiger partial charge >= 0.3 is 46.1 Å². The molecule has 11 heteroatoms. The maximum absolute atomic E-state index is 5.15. The largest absolute Gasteiger partial charge is 2.00 e. The zero-order chi connectivity index (χ0) is 33.0. The Morgan fingerprint density at radius 3 is 1.60 bits per heavy atom. The zero-order valence-corrected chi connectivity index (χ0v) is 36.0. The molecule has 1 saturated heterocycles. The number of aromatic nitrogens is 2. The van der Waals surface area contributed by atoms with Crippen LogP contribution in [0.2, 0.25) is 0 Å². The standard InChI is InChI=1S/C12H11NO.C7H7BrO.C7H7O.C5H4BrN.C4H8O.C2H6.BrH.2Mg.2H/c1-14-11-6-4-5-10(9-11)12-7-2-3-8-13-12;1-9-7-4-2-3-6(8)5-7;1-8-7-5-3-2-4-6-7;6-5-3-1-2-4-7-5;1-2-4-5-3-1;1-2;;;;;/h2-9H,1H3;2-5H,1H3;2-3,5-6H,1H3;1-4H;1-4H2;1-2H3;1H;;;;/q;;-1;;;;;2*+2;2*-1/p-1. The molecule has 6 rings (SSSR count). The first-order chi connectivity index (χ1) is 22.0. The van der Waals surface area contributed by atoms with Crippen molar-refractivity contribution in [3.8, 4) is 28.5 Å². The van der Waals surface area contributed by atoms with Gasteiger partial charge in [-0.2, -0.15) is 18.2 Å². The number of rotatable bonds is 4. The predicted molar refractivity (Wildman–Crippen MR) is 206 cm³/mol. The van der Waals surface area contributed by atoms with Gasteiger partial charge in [0.05, 0.1) is 27.0 Å². The van der Waals surface area contributed by atoms with E-state index >= 15 is 0 Å². The Balaban J connectivity index is -0.000000168. The summed E-state index contributed by atoms with van der Waals surface area (Å²) in [5.41, 5.74) is 2.04. The summed E-state index contributed by atoms with van der Waals surface area (Å²) in [5.74, 6) is 2.59. The van der Waals surface area contributed by atoms with E-state index in [-0.39, 0.29) is 65.9 Å². The minimum absolute atomic E-state index is 0. The fraction of sp³-hybridized carbons (Fsp3) is 0.243. The Labute approximate surface area is 350 Å². The van der Waals surface area contributed by atoms with E-state index in [4.69, 9.17) is 18.9 Å².